The first-order valence-corrected chi connectivity index (χ1v) is 9.17. The van der Waals surface area contributed by atoms with Gasteiger partial charge in [-0.25, -0.2) is 13.1 Å². The van der Waals surface area contributed by atoms with E-state index in [9.17, 15) is 13.5 Å². The third kappa shape index (κ3) is 4.78. The van der Waals surface area contributed by atoms with Gasteiger partial charge in [-0.2, -0.15) is 11.8 Å². The largest absolute Gasteiger partial charge is 0.447 e. The van der Waals surface area contributed by atoms with Gasteiger partial charge in [0.15, 0.2) is 0 Å². The Morgan fingerprint density at radius 3 is 2.70 bits per heavy atom. The molecular weight excluding hydrogens is 300 g/mol. The van der Waals surface area contributed by atoms with Crippen LogP contribution in [-0.2, 0) is 16.6 Å². The number of aliphatic hydroxyl groups excluding tert-OH is 1. The maximum atomic E-state index is 12.1. The summed E-state index contributed by atoms with van der Waals surface area (Å²) in [6, 6.07) is 2.69. The first kappa shape index (κ1) is 17.5. The fourth-order valence-corrected chi connectivity index (χ4v) is 3.61. The average molecular weight is 322 g/mol. The minimum atomic E-state index is -3.70. The number of thioether (sulfide) groups is 1. The summed E-state index contributed by atoms with van der Waals surface area (Å²) in [4.78, 5) is 0. The second kappa shape index (κ2) is 8.04. The van der Waals surface area contributed by atoms with Crippen molar-refractivity contribution < 1.29 is 17.9 Å². The van der Waals surface area contributed by atoms with E-state index < -0.39 is 10.0 Å². The minimum Gasteiger partial charge on any atom is -0.447 e. The van der Waals surface area contributed by atoms with Crippen LogP contribution in [0.25, 0.3) is 0 Å². The summed E-state index contributed by atoms with van der Waals surface area (Å²) in [5.41, 5.74) is 0. The molecule has 0 saturated carbocycles. The average Bonchev–Trinajstić information content (AvgIpc) is 2.86. The Hall–Kier alpha value is -0.540. The number of rotatable bonds is 9. The molecule has 0 fully saturated rings. The van der Waals surface area contributed by atoms with E-state index >= 15 is 0 Å². The highest BCUT2D eigenvalue weighted by atomic mass is 32.2. The zero-order chi connectivity index (χ0) is 15.2. The quantitative estimate of drug-likeness (QED) is 0.622. The Balaban J connectivity index is 2.75. The molecule has 0 aromatic carbocycles. The summed E-state index contributed by atoms with van der Waals surface area (Å²) in [5.74, 6) is 0.573. The molecule has 116 valence electrons. The highest BCUT2D eigenvalue weighted by molar-refractivity contribution is 7.99. The Morgan fingerprint density at radius 2 is 2.15 bits per heavy atom. The van der Waals surface area contributed by atoms with Gasteiger partial charge in [-0.1, -0.05) is 6.92 Å². The molecule has 8 heteroatoms. The van der Waals surface area contributed by atoms with Crippen molar-refractivity contribution >= 4 is 21.8 Å². The molecule has 1 rings (SSSR count). The third-order valence-electron chi connectivity index (χ3n) is 2.83. The first-order valence-electron chi connectivity index (χ1n) is 6.40. The van der Waals surface area contributed by atoms with Gasteiger partial charge in [-0.15, -0.1) is 0 Å². The van der Waals surface area contributed by atoms with Crippen molar-refractivity contribution in [3.05, 3.63) is 17.9 Å². The van der Waals surface area contributed by atoms with Crippen LogP contribution in [0.2, 0.25) is 0 Å². The maximum Gasteiger partial charge on any atom is 0.274 e. The summed E-state index contributed by atoms with van der Waals surface area (Å²) in [6.07, 6.45) is 1.83. The fourth-order valence-electron chi connectivity index (χ4n) is 1.66. The van der Waals surface area contributed by atoms with Crippen LogP contribution in [0.4, 0.5) is 0 Å². The van der Waals surface area contributed by atoms with Crippen LogP contribution < -0.4 is 10.0 Å². The van der Waals surface area contributed by atoms with Gasteiger partial charge in [-0.3, -0.25) is 0 Å². The minimum absolute atomic E-state index is 0.0886. The number of hydrogen-bond acceptors (Lipinski definition) is 6. The molecule has 1 aromatic heterocycles. The predicted octanol–water partition coefficient (Wildman–Crippen LogP) is 0.780. The molecule has 1 heterocycles. The van der Waals surface area contributed by atoms with Gasteiger partial charge in [0.05, 0.1) is 13.2 Å². The van der Waals surface area contributed by atoms with Crippen LogP contribution in [0.15, 0.2) is 21.6 Å². The molecule has 0 aliphatic carbocycles. The molecular formula is C12H22N2O4S2. The number of furan rings is 1. The Labute approximate surface area is 124 Å². The lowest BCUT2D eigenvalue weighted by atomic mass is 10.3. The van der Waals surface area contributed by atoms with Crippen molar-refractivity contribution in [2.75, 3.05) is 19.4 Å². The van der Waals surface area contributed by atoms with Crippen molar-refractivity contribution in [1.29, 1.82) is 0 Å². The number of nitrogens with one attached hydrogen (secondary N) is 2. The maximum absolute atomic E-state index is 12.1. The summed E-state index contributed by atoms with van der Waals surface area (Å²) in [6.45, 7) is 4.86. The van der Waals surface area contributed by atoms with E-state index in [1.165, 1.54) is 17.8 Å². The monoisotopic (exact) mass is 322 g/mol. The summed E-state index contributed by atoms with van der Waals surface area (Å²) >= 11 is 1.41. The second-order valence-electron chi connectivity index (χ2n) is 4.37. The van der Waals surface area contributed by atoms with Crippen LogP contribution in [0.1, 0.15) is 19.6 Å². The van der Waals surface area contributed by atoms with E-state index in [-0.39, 0.29) is 23.0 Å². The Bertz CT molecular complexity index is 497. The zero-order valence-corrected chi connectivity index (χ0v) is 13.6. The number of aliphatic hydroxyl groups is 1. The lowest BCUT2D eigenvalue weighted by Crippen LogP contribution is -2.41. The molecule has 0 radical (unpaired) electrons. The van der Waals surface area contributed by atoms with E-state index in [1.807, 2.05) is 13.2 Å². The summed E-state index contributed by atoms with van der Waals surface area (Å²) < 4.78 is 32.1. The van der Waals surface area contributed by atoms with Crippen LogP contribution in [0.5, 0.6) is 0 Å². The third-order valence-corrected chi connectivity index (χ3v) is 5.43. The van der Waals surface area contributed by atoms with Gasteiger partial charge in [0, 0.05) is 11.3 Å². The molecule has 0 spiro atoms. The van der Waals surface area contributed by atoms with Gasteiger partial charge in [-0.05, 0) is 31.9 Å². The van der Waals surface area contributed by atoms with Gasteiger partial charge in [0.25, 0.3) is 10.0 Å². The molecule has 2 unspecified atom stereocenters. The van der Waals surface area contributed by atoms with E-state index in [4.69, 9.17) is 4.42 Å². The standard InChI is InChI=1S/C12H22N2O4S2/c1-4-13-7-10-5-6-12(18-10)20(16,17)14-9(2)11(8-15)19-3/h5-6,9,11,13-15H,4,7-8H2,1-3H3. The van der Waals surface area contributed by atoms with E-state index in [0.29, 0.717) is 12.3 Å². The van der Waals surface area contributed by atoms with Gasteiger partial charge in [0.2, 0.25) is 5.09 Å². The van der Waals surface area contributed by atoms with Gasteiger partial charge in [0.1, 0.15) is 5.76 Å². The highest BCUT2D eigenvalue weighted by Crippen LogP contribution is 2.17. The highest BCUT2D eigenvalue weighted by Gasteiger charge is 2.25. The normalized spacial score (nSPS) is 15.2. The van der Waals surface area contributed by atoms with E-state index in [2.05, 4.69) is 10.0 Å². The SMILES string of the molecule is CCNCc1ccc(S(=O)(=O)NC(C)C(CO)SC)o1. The number of hydrogen-bond donors (Lipinski definition) is 3. The van der Waals surface area contributed by atoms with Crippen molar-refractivity contribution in [3.63, 3.8) is 0 Å². The molecule has 0 bridgehead atoms. The van der Waals surface area contributed by atoms with Crippen LogP contribution in [0.3, 0.4) is 0 Å². The molecule has 6 nitrogen and oxygen atoms in total. The fraction of sp³-hybridized carbons (Fsp3) is 0.667. The number of sulfonamides is 1. The molecule has 0 amide bonds. The van der Waals surface area contributed by atoms with Crippen molar-refractivity contribution in [1.82, 2.24) is 10.0 Å². The smallest absolute Gasteiger partial charge is 0.274 e. The Morgan fingerprint density at radius 1 is 1.45 bits per heavy atom. The van der Waals surface area contributed by atoms with Crippen molar-refractivity contribution in [2.45, 2.75) is 36.8 Å². The molecule has 20 heavy (non-hydrogen) atoms. The van der Waals surface area contributed by atoms with Crippen LogP contribution >= 0.6 is 11.8 Å². The van der Waals surface area contributed by atoms with Crippen molar-refractivity contribution in [2.24, 2.45) is 0 Å². The Kier molecular flexibility index (Phi) is 7.04. The predicted molar refractivity (Wildman–Crippen MR) is 80.3 cm³/mol. The molecule has 0 saturated heterocycles. The zero-order valence-electron chi connectivity index (χ0n) is 11.9. The van der Waals surface area contributed by atoms with E-state index in [1.54, 1.807) is 13.0 Å². The molecule has 1 aromatic rings. The molecule has 0 aliphatic heterocycles. The topological polar surface area (TPSA) is 91.6 Å². The first-order chi connectivity index (χ1) is 9.44. The van der Waals surface area contributed by atoms with Crippen molar-refractivity contribution in [3.8, 4) is 0 Å². The lowest BCUT2D eigenvalue weighted by molar-refractivity contribution is 0.281. The molecule has 3 N–H and O–H groups in total. The van der Waals surface area contributed by atoms with Gasteiger partial charge < -0.3 is 14.8 Å². The lowest BCUT2D eigenvalue weighted by Gasteiger charge is -2.20. The van der Waals surface area contributed by atoms with Gasteiger partial charge >= 0.3 is 0 Å². The van der Waals surface area contributed by atoms with E-state index in [0.717, 1.165) is 6.54 Å². The summed E-state index contributed by atoms with van der Waals surface area (Å²) in [7, 11) is -3.70. The summed E-state index contributed by atoms with van der Waals surface area (Å²) in [5, 5.41) is 11.9. The molecule has 2 atom stereocenters. The van der Waals surface area contributed by atoms with Crippen LogP contribution in [-0.4, -0.2) is 44.2 Å². The molecule has 0 aliphatic rings. The van der Waals surface area contributed by atoms with Crippen LogP contribution in [0, 0.1) is 0 Å². The second-order valence-corrected chi connectivity index (χ2v) is 7.09.